The second-order valence-corrected chi connectivity index (χ2v) is 5.95. The van der Waals surface area contributed by atoms with Crippen LogP contribution < -0.4 is 5.32 Å². The van der Waals surface area contributed by atoms with Crippen molar-refractivity contribution in [2.24, 2.45) is 11.3 Å². The SMILES string of the molecule is CCN(CC(C)C)CC(NC)C(C)(C)C. The average Bonchev–Trinajstić information content (AvgIpc) is 2.09. The summed E-state index contributed by atoms with van der Waals surface area (Å²) in [5, 5.41) is 3.44. The normalized spacial score (nSPS) is 15.0. The lowest BCUT2D eigenvalue weighted by molar-refractivity contribution is 0.172. The lowest BCUT2D eigenvalue weighted by atomic mass is 9.86. The molecule has 0 saturated heterocycles. The van der Waals surface area contributed by atoms with E-state index in [1.165, 1.54) is 6.54 Å². The minimum Gasteiger partial charge on any atom is -0.315 e. The highest BCUT2D eigenvalue weighted by atomic mass is 15.1. The number of nitrogens with zero attached hydrogens (tertiary/aromatic N) is 1. The lowest BCUT2D eigenvalue weighted by Gasteiger charge is -2.35. The van der Waals surface area contributed by atoms with E-state index in [2.05, 4.69) is 58.8 Å². The Morgan fingerprint density at radius 2 is 1.67 bits per heavy atom. The van der Waals surface area contributed by atoms with Crippen LogP contribution in [0.2, 0.25) is 0 Å². The van der Waals surface area contributed by atoms with Gasteiger partial charge in [0.15, 0.2) is 0 Å². The Balaban J connectivity index is 4.25. The molecule has 0 aromatic carbocycles. The summed E-state index contributed by atoms with van der Waals surface area (Å²) in [5.74, 6) is 0.752. The van der Waals surface area contributed by atoms with E-state index in [1.807, 2.05) is 0 Å². The summed E-state index contributed by atoms with van der Waals surface area (Å²) in [7, 11) is 2.07. The van der Waals surface area contributed by atoms with Crippen LogP contribution in [0, 0.1) is 11.3 Å². The molecular weight excluding hydrogens is 184 g/mol. The van der Waals surface area contributed by atoms with Crippen LogP contribution in [-0.4, -0.2) is 37.6 Å². The molecule has 0 radical (unpaired) electrons. The van der Waals surface area contributed by atoms with Crippen LogP contribution in [0.1, 0.15) is 41.5 Å². The van der Waals surface area contributed by atoms with Crippen molar-refractivity contribution in [3.63, 3.8) is 0 Å². The highest BCUT2D eigenvalue weighted by Crippen LogP contribution is 2.20. The summed E-state index contributed by atoms with van der Waals surface area (Å²) in [6.07, 6.45) is 0. The molecule has 0 aliphatic rings. The van der Waals surface area contributed by atoms with Crippen molar-refractivity contribution >= 4 is 0 Å². The van der Waals surface area contributed by atoms with Crippen LogP contribution in [0.4, 0.5) is 0 Å². The first-order chi connectivity index (χ1) is 6.81. The van der Waals surface area contributed by atoms with E-state index in [1.54, 1.807) is 0 Å². The summed E-state index contributed by atoms with van der Waals surface area (Å²) >= 11 is 0. The molecule has 0 heterocycles. The predicted molar refractivity (Wildman–Crippen MR) is 69.3 cm³/mol. The molecule has 1 N–H and O–H groups in total. The Hall–Kier alpha value is -0.0800. The van der Waals surface area contributed by atoms with Crippen molar-refractivity contribution in [3.8, 4) is 0 Å². The van der Waals surface area contributed by atoms with Crippen molar-refractivity contribution in [2.75, 3.05) is 26.7 Å². The minimum atomic E-state index is 0.332. The molecule has 1 atom stereocenters. The molecule has 0 aromatic heterocycles. The largest absolute Gasteiger partial charge is 0.315 e. The van der Waals surface area contributed by atoms with E-state index in [9.17, 15) is 0 Å². The molecule has 2 nitrogen and oxygen atoms in total. The molecule has 0 aliphatic heterocycles. The van der Waals surface area contributed by atoms with E-state index in [0.29, 0.717) is 11.5 Å². The first-order valence-electron chi connectivity index (χ1n) is 6.20. The quantitative estimate of drug-likeness (QED) is 0.731. The number of hydrogen-bond donors (Lipinski definition) is 1. The number of hydrogen-bond acceptors (Lipinski definition) is 2. The van der Waals surface area contributed by atoms with Gasteiger partial charge in [-0.25, -0.2) is 0 Å². The molecule has 0 aliphatic carbocycles. The lowest BCUT2D eigenvalue weighted by Crippen LogP contribution is -2.47. The Morgan fingerprint density at radius 1 is 1.13 bits per heavy atom. The van der Waals surface area contributed by atoms with Crippen LogP contribution in [0.5, 0.6) is 0 Å². The number of rotatable bonds is 6. The van der Waals surface area contributed by atoms with Crippen LogP contribution in [0.3, 0.4) is 0 Å². The summed E-state index contributed by atoms with van der Waals surface area (Å²) in [4.78, 5) is 2.54. The predicted octanol–water partition coefficient (Wildman–Crippen LogP) is 2.60. The van der Waals surface area contributed by atoms with Crippen molar-refractivity contribution in [2.45, 2.75) is 47.6 Å². The highest BCUT2D eigenvalue weighted by Gasteiger charge is 2.24. The maximum atomic E-state index is 3.44. The first kappa shape index (κ1) is 14.9. The zero-order valence-corrected chi connectivity index (χ0v) is 11.7. The van der Waals surface area contributed by atoms with Gasteiger partial charge in [-0.15, -0.1) is 0 Å². The molecule has 0 rings (SSSR count). The van der Waals surface area contributed by atoms with Crippen LogP contribution in [0.25, 0.3) is 0 Å². The number of likely N-dealkylation sites (N-methyl/N-ethyl adjacent to an activating group) is 2. The second-order valence-electron chi connectivity index (χ2n) is 5.95. The molecule has 15 heavy (non-hydrogen) atoms. The van der Waals surface area contributed by atoms with Crippen molar-refractivity contribution < 1.29 is 0 Å². The Labute approximate surface area is 96.4 Å². The molecule has 2 heteroatoms. The van der Waals surface area contributed by atoms with Crippen LogP contribution in [0.15, 0.2) is 0 Å². The number of nitrogens with one attached hydrogen (secondary N) is 1. The third-order valence-corrected chi connectivity index (χ3v) is 2.91. The fraction of sp³-hybridized carbons (Fsp3) is 1.00. The minimum absolute atomic E-state index is 0.332. The van der Waals surface area contributed by atoms with E-state index in [0.717, 1.165) is 19.0 Å². The van der Waals surface area contributed by atoms with Gasteiger partial charge in [0.1, 0.15) is 0 Å². The van der Waals surface area contributed by atoms with Gasteiger partial charge in [0.25, 0.3) is 0 Å². The van der Waals surface area contributed by atoms with Gasteiger partial charge in [0.2, 0.25) is 0 Å². The average molecular weight is 214 g/mol. The summed E-state index contributed by atoms with van der Waals surface area (Å²) in [6.45, 7) is 17.2. The van der Waals surface area contributed by atoms with Gasteiger partial charge in [-0.2, -0.15) is 0 Å². The van der Waals surface area contributed by atoms with Gasteiger partial charge in [-0.05, 0) is 24.9 Å². The topological polar surface area (TPSA) is 15.3 Å². The Morgan fingerprint density at radius 3 is 1.93 bits per heavy atom. The molecule has 0 spiro atoms. The van der Waals surface area contributed by atoms with Crippen LogP contribution >= 0.6 is 0 Å². The van der Waals surface area contributed by atoms with Gasteiger partial charge in [0, 0.05) is 19.1 Å². The molecule has 0 fully saturated rings. The van der Waals surface area contributed by atoms with E-state index < -0.39 is 0 Å². The maximum absolute atomic E-state index is 3.44. The summed E-state index contributed by atoms with van der Waals surface area (Å²) in [5.41, 5.74) is 0.332. The van der Waals surface area contributed by atoms with Crippen molar-refractivity contribution in [1.29, 1.82) is 0 Å². The summed E-state index contributed by atoms with van der Waals surface area (Å²) < 4.78 is 0. The molecular formula is C13H30N2. The second kappa shape index (κ2) is 6.49. The Kier molecular flexibility index (Phi) is 6.46. The maximum Gasteiger partial charge on any atom is 0.0240 e. The van der Waals surface area contributed by atoms with Crippen LogP contribution in [-0.2, 0) is 0 Å². The molecule has 92 valence electrons. The standard InChI is InChI=1S/C13H30N2/c1-8-15(9-11(2)3)10-12(14-7)13(4,5)6/h11-12,14H,8-10H2,1-7H3. The third kappa shape index (κ3) is 6.16. The van der Waals surface area contributed by atoms with Gasteiger partial charge in [0.05, 0.1) is 0 Å². The highest BCUT2D eigenvalue weighted by molar-refractivity contribution is 4.82. The van der Waals surface area contributed by atoms with Gasteiger partial charge in [-0.3, -0.25) is 0 Å². The zero-order chi connectivity index (χ0) is 12.1. The molecule has 0 bridgehead atoms. The monoisotopic (exact) mass is 214 g/mol. The van der Waals surface area contributed by atoms with Crippen molar-refractivity contribution in [1.82, 2.24) is 10.2 Å². The van der Waals surface area contributed by atoms with Crippen molar-refractivity contribution in [3.05, 3.63) is 0 Å². The molecule has 0 aromatic rings. The fourth-order valence-corrected chi connectivity index (χ4v) is 1.91. The molecule has 0 amide bonds. The Bertz CT molecular complexity index is 158. The molecule has 1 unspecified atom stereocenters. The fourth-order valence-electron chi connectivity index (χ4n) is 1.91. The van der Waals surface area contributed by atoms with Gasteiger partial charge in [-0.1, -0.05) is 41.5 Å². The van der Waals surface area contributed by atoms with E-state index in [4.69, 9.17) is 0 Å². The third-order valence-electron chi connectivity index (χ3n) is 2.91. The zero-order valence-electron chi connectivity index (χ0n) is 11.7. The van der Waals surface area contributed by atoms with E-state index >= 15 is 0 Å². The van der Waals surface area contributed by atoms with Gasteiger partial charge < -0.3 is 10.2 Å². The molecule has 0 saturated carbocycles. The first-order valence-corrected chi connectivity index (χ1v) is 6.20. The smallest absolute Gasteiger partial charge is 0.0240 e. The van der Waals surface area contributed by atoms with Gasteiger partial charge >= 0.3 is 0 Å². The van der Waals surface area contributed by atoms with E-state index in [-0.39, 0.29) is 0 Å². The summed E-state index contributed by atoms with van der Waals surface area (Å²) in [6, 6.07) is 0.566.